The molecule has 2 aliphatic rings. The van der Waals surface area contributed by atoms with Gasteiger partial charge in [0.05, 0.1) is 19.0 Å². The van der Waals surface area contributed by atoms with Crippen molar-refractivity contribution >= 4 is 16.0 Å². The molecule has 0 aromatic heterocycles. The number of carbonyl (C=O) groups is 1. The van der Waals surface area contributed by atoms with Gasteiger partial charge in [0.15, 0.2) is 0 Å². The summed E-state index contributed by atoms with van der Waals surface area (Å²) in [5.74, 6) is -2.11. The molecule has 1 saturated carbocycles. The van der Waals surface area contributed by atoms with Crippen LogP contribution in [0.15, 0.2) is 30.3 Å². The van der Waals surface area contributed by atoms with Gasteiger partial charge in [-0.25, -0.2) is 17.9 Å². The zero-order valence-electron chi connectivity index (χ0n) is 17.3. The number of nitrogens with one attached hydrogen (secondary N) is 2. The second kappa shape index (κ2) is 11.3. The monoisotopic (exact) mass is 466 g/mol. The van der Waals surface area contributed by atoms with Crippen LogP contribution in [0.1, 0.15) is 43.6 Å². The fourth-order valence-corrected chi connectivity index (χ4v) is 4.72. The fourth-order valence-electron chi connectivity index (χ4n) is 3.89. The van der Waals surface area contributed by atoms with E-state index in [1.165, 1.54) is 11.8 Å². The molecule has 1 aliphatic carbocycles. The Balaban J connectivity index is 0.000000423. The number of alkyl halides is 3. The van der Waals surface area contributed by atoms with E-state index >= 15 is 0 Å². The predicted octanol–water partition coefficient (Wildman–Crippen LogP) is 2.64. The van der Waals surface area contributed by atoms with E-state index < -0.39 is 22.2 Å². The maximum Gasteiger partial charge on any atom is 0.490 e. The SMILES string of the molecule is CS(=O)(=O)N[C@@H]1CCN[C@@H]1COC1CCC(c2ccccc2)CC1.O=C(O)C(F)(F)F. The number of halogens is 3. The highest BCUT2D eigenvalue weighted by Crippen LogP contribution is 2.34. The van der Waals surface area contributed by atoms with Gasteiger partial charge in [-0.15, -0.1) is 0 Å². The third-order valence-corrected chi connectivity index (χ3v) is 6.14. The first-order valence-electron chi connectivity index (χ1n) is 10.1. The molecule has 0 radical (unpaired) electrons. The molecule has 1 aromatic carbocycles. The molecule has 2 atom stereocenters. The quantitative estimate of drug-likeness (QED) is 0.596. The Hall–Kier alpha value is -1.69. The van der Waals surface area contributed by atoms with Crippen molar-refractivity contribution in [2.45, 2.75) is 62.4 Å². The molecule has 31 heavy (non-hydrogen) atoms. The van der Waals surface area contributed by atoms with Crippen molar-refractivity contribution in [1.82, 2.24) is 10.0 Å². The first-order chi connectivity index (χ1) is 14.5. The van der Waals surface area contributed by atoms with Crippen LogP contribution in [0.2, 0.25) is 0 Å². The number of sulfonamides is 1. The van der Waals surface area contributed by atoms with E-state index in [4.69, 9.17) is 14.6 Å². The largest absolute Gasteiger partial charge is 0.490 e. The summed E-state index contributed by atoms with van der Waals surface area (Å²) in [5, 5.41) is 10.5. The van der Waals surface area contributed by atoms with Gasteiger partial charge in [0.2, 0.25) is 10.0 Å². The van der Waals surface area contributed by atoms with E-state index in [0.29, 0.717) is 18.6 Å². The van der Waals surface area contributed by atoms with Crippen LogP contribution in [-0.4, -0.2) is 63.3 Å². The number of carboxylic acid groups (broad SMARTS) is 1. The molecular formula is C20H29F3N2O5S. The van der Waals surface area contributed by atoms with Gasteiger partial charge in [0.25, 0.3) is 0 Å². The van der Waals surface area contributed by atoms with Gasteiger partial charge in [-0.2, -0.15) is 13.2 Å². The maximum absolute atomic E-state index is 11.4. The van der Waals surface area contributed by atoms with Crippen molar-refractivity contribution in [3.05, 3.63) is 35.9 Å². The molecule has 176 valence electrons. The summed E-state index contributed by atoms with van der Waals surface area (Å²) in [6.45, 7) is 1.41. The second-order valence-corrected chi connectivity index (χ2v) is 9.65. The van der Waals surface area contributed by atoms with E-state index in [9.17, 15) is 21.6 Å². The number of carboxylic acids is 1. The van der Waals surface area contributed by atoms with Gasteiger partial charge >= 0.3 is 12.1 Å². The van der Waals surface area contributed by atoms with E-state index in [2.05, 4.69) is 40.4 Å². The molecule has 1 aliphatic heterocycles. The minimum atomic E-state index is -5.08. The van der Waals surface area contributed by atoms with E-state index in [1.807, 2.05) is 0 Å². The van der Waals surface area contributed by atoms with E-state index in [-0.39, 0.29) is 12.1 Å². The van der Waals surface area contributed by atoms with Crippen molar-refractivity contribution < 1.29 is 36.2 Å². The molecule has 0 unspecified atom stereocenters. The highest BCUT2D eigenvalue weighted by Gasteiger charge is 2.38. The topological polar surface area (TPSA) is 105 Å². The Bertz CT molecular complexity index is 797. The zero-order chi connectivity index (χ0) is 23.1. The molecule has 1 saturated heterocycles. The summed E-state index contributed by atoms with van der Waals surface area (Å²) < 4.78 is 63.4. The van der Waals surface area contributed by atoms with E-state index in [0.717, 1.165) is 38.6 Å². The normalized spacial score (nSPS) is 26.7. The average Bonchev–Trinajstić information content (AvgIpc) is 3.12. The minimum Gasteiger partial charge on any atom is -0.475 e. The Morgan fingerprint density at radius 1 is 1.16 bits per heavy atom. The number of hydrogen-bond acceptors (Lipinski definition) is 5. The van der Waals surface area contributed by atoms with Crippen molar-refractivity contribution in [3.8, 4) is 0 Å². The average molecular weight is 467 g/mol. The van der Waals surface area contributed by atoms with Gasteiger partial charge in [0, 0.05) is 12.1 Å². The van der Waals surface area contributed by atoms with Gasteiger partial charge < -0.3 is 15.2 Å². The lowest BCUT2D eigenvalue weighted by atomic mass is 9.83. The Morgan fingerprint density at radius 3 is 2.26 bits per heavy atom. The Kier molecular flexibility index (Phi) is 9.28. The number of ether oxygens (including phenoxy) is 1. The highest BCUT2D eigenvalue weighted by atomic mass is 32.2. The van der Waals surface area contributed by atoms with Crippen LogP contribution < -0.4 is 10.0 Å². The lowest BCUT2D eigenvalue weighted by Gasteiger charge is -2.30. The first kappa shape index (κ1) is 25.6. The molecule has 0 bridgehead atoms. The maximum atomic E-state index is 11.4. The van der Waals surface area contributed by atoms with Crippen molar-refractivity contribution in [2.75, 3.05) is 19.4 Å². The molecule has 1 aromatic rings. The highest BCUT2D eigenvalue weighted by molar-refractivity contribution is 7.88. The molecule has 0 spiro atoms. The lowest BCUT2D eigenvalue weighted by molar-refractivity contribution is -0.192. The predicted molar refractivity (Wildman–Crippen MR) is 109 cm³/mol. The summed E-state index contributed by atoms with van der Waals surface area (Å²) in [6.07, 6.45) is 1.74. The van der Waals surface area contributed by atoms with Crippen LogP contribution in [0.5, 0.6) is 0 Å². The summed E-state index contributed by atoms with van der Waals surface area (Å²) in [6, 6.07) is 10.7. The molecule has 7 nitrogen and oxygen atoms in total. The van der Waals surface area contributed by atoms with Crippen LogP contribution in [0.25, 0.3) is 0 Å². The number of hydrogen-bond donors (Lipinski definition) is 3. The Labute approximate surface area is 180 Å². The fraction of sp³-hybridized carbons (Fsp3) is 0.650. The second-order valence-electron chi connectivity index (χ2n) is 7.87. The number of benzene rings is 1. The lowest BCUT2D eigenvalue weighted by Crippen LogP contribution is -2.46. The summed E-state index contributed by atoms with van der Waals surface area (Å²) in [7, 11) is -3.17. The smallest absolute Gasteiger partial charge is 0.475 e. The number of aliphatic carboxylic acids is 1. The number of rotatable bonds is 6. The van der Waals surface area contributed by atoms with Gasteiger partial charge in [-0.05, 0) is 50.1 Å². The molecule has 11 heteroatoms. The van der Waals surface area contributed by atoms with E-state index in [1.54, 1.807) is 0 Å². The molecule has 3 rings (SSSR count). The molecule has 1 heterocycles. The van der Waals surface area contributed by atoms with Crippen molar-refractivity contribution in [1.29, 1.82) is 0 Å². The van der Waals surface area contributed by atoms with Gasteiger partial charge in [-0.1, -0.05) is 30.3 Å². The summed E-state index contributed by atoms with van der Waals surface area (Å²) in [5.41, 5.74) is 1.44. The van der Waals surface area contributed by atoms with Crippen LogP contribution in [0.3, 0.4) is 0 Å². The van der Waals surface area contributed by atoms with Crippen LogP contribution in [0, 0.1) is 0 Å². The van der Waals surface area contributed by atoms with Gasteiger partial charge in [0.1, 0.15) is 0 Å². The van der Waals surface area contributed by atoms with Crippen LogP contribution in [0.4, 0.5) is 13.2 Å². The standard InChI is InChI=1S/C18H28N2O3S.C2HF3O2/c1-24(21,22)20-17-11-12-19-18(17)13-23-16-9-7-15(8-10-16)14-5-3-2-4-6-14;3-2(4,5)1(6)7/h2-6,15-20H,7-13H2,1H3;(H,6,7)/t15?,16?,17-,18-;/m1./s1. The molecule has 0 amide bonds. The molecular weight excluding hydrogens is 437 g/mol. The molecule has 3 N–H and O–H groups in total. The third-order valence-electron chi connectivity index (χ3n) is 5.41. The van der Waals surface area contributed by atoms with Crippen molar-refractivity contribution in [2.24, 2.45) is 0 Å². The first-order valence-corrected chi connectivity index (χ1v) is 12.0. The minimum absolute atomic E-state index is 0.0549. The van der Waals surface area contributed by atoms with Crippen molar-refractivity contribution in [3.63, 3.8) is 0 Å². The summed E-state index contributed by atoms with van der Waals surface area (Å²) in [4.78, 5) is 8.90. The third kappa shape index (κ3) is 9.14. The molecule has 2 fully saturated rings. The zero-order valence-corrected chi connectivity index (χ0v) is 18.1. The van der Waals surface area contributed by atoms with Crippen LogP contribution >= 0.6 is 0 Å². The Morgan fingerprint density at radius 2 is 1.74 bits per heavy atom. The summed E-state index contributed by atoms with van der Waals surface area (Å²) >= 11 is 0. The van der Waals surface area contributed by atoms with Gasteiger partial charge in [-0.3, -0.25) is 0 Å². The van der Waals surface area contributed by atoms with Crippen LogP contribution in [-0.2, 0) is 19.6 Å².